The van der Waals surface area contributed by atoms with Gasteiger partial charge in [0, 0.05) is 48.4 Å². The molecule has 3 nitrogen and oxygen atoms in total. The molecular weight excluding hydrogens is 605 g/mol. The van der Waals surface area contributed by atoms with Crippen LogP contribution in [0.1, 0.15) is 0 Å². The highest BCUT2D eigenvalue weighted by molar-refractivity contribution is 7.26. The van der Waals surface area contributed by atoms with Crippen molar-refractivity contribution in [1.29, 1.82) is 0 Å². The van der Waals surface area contributed by atoms with Crippen LogP contribution in [-0.2, 0) is 0 Å². The van der Waals surface area contributed by atoms with Gasteiger partial charge in [-0.2, -0.15) is 0 Å². The van der Waals surface area contributed by atoms with E-state index in [4.69, 9.17) is 4.42 Å². The second-order valence-electron chi connectivity index (χ2n) is 12.5. The van der Waals surface area contributed by atoms with E-state index in [1.807, 2.05) is 11.3 Å². The van der Waals surface area contributed by atoms with Gasteiger partial charge in [-0.05, 0) is 77.9 Å². The second kappa shape index (κ2) is 9.71. The topological polar surface area (TPSA) is 23.0 Å². The normalized spacial score (nSPS) is 12.2. The van der Waals surface area contributed by atoms with Crippen LogP contribution in [0, 0.1) is 0 Å². The maximum Gasteiger partial charge on any atom is 0.154 e. The highest BCUT2D eigenvalue weighted by atomic mass is 32.1. The first-order valence-corrected chi connectivity index (χ1v) is 17.1. The van der Waals surface area contributed by atoms with Crippen LogP contribution >= 0.6 is 11.3 Å². The fraction of sp³-hybridized carbons (Fsp3) is 0. The zero-order valence-electron chi connectivity index (χ0n) is 25.7. The van der Waals surface area contributed by atoms with E-state index in [2.05, 4.69) is 167 Å². The van der Waals surface area contributed by atoms with Gasteiger partial charge in [0.05, 0.1) is 26.8 Å². The summed E-state index contributed by atoms with van der Waals surface area (Å²) in [7, 11) is 0. The highest BCUT2D eigenvalue weighted by Gasteiger charge is 2.18. The van der Waals surface area contributed by atoms with Crippen molar-refractivity contribution < 1.29 is 4.42 Å². The van der Waals surface area contributed by atoms with E-state index in [-0.39, 0.29) is 0 Å². The fourth-order valence-corrected chi connectivity index (χ4v) is 8.96. The van der Waals surface area contributed by atoms with Crippen LogP contribution in [0.2, 0.25) is 0 Å². The predicted molar refractivity (Wildman–Crippen MR) is 203 cm³/mol. The van der Waals surface area contributed by atoms with Crippen molar-refractivity contribution in [3.8, 4) is 22.5 Å². The molecule has 11 rings (SSSR count). The smallest absolute Gasteiger partial charge is 0.154 e. The molecule has 0 radical (unpaired) electrons. The van der Waals surface area contributed by atoms with Gasteiger partial charge < -0.3 is 13.6 Å². The summed E-state index contributed by atoms with van der Waals surface area (Å²) in [6.07, 6.45) is 0. The number of furan rings is 1. The van der Waals surface area contributed by atoms with Gasteiger partial charge in [0.2, 0.25) is 0 Å². The first-order chi connectivity index (χ1) is 23.8. The van der Waals surface area contributed by atoms with E-state index < -0.39 is 0 Å². The molecule has 0 aliphatic carbocycles. The highest BCUT2D eigenvalue weighted by Crippen LogP contribution is 2.43. The molecule has 0 saturated carbocycles. The predicted octanol–water partition coefficient (Wildman–Crippen LogP) is 12.7. The monoisotopic (exact) mass is 630 g/mol. The number of para-hydroxylation sites is 4. The molecule has 0 amide bonds. The summed E-state index contributed by atoms with van der Waals surface area (Å²) in [5.41, 5.74) is 11.4. The van der Waals surface area contributed by atoms with E-state index in [1.54, 1.807) is 0 Å². The molecule has 4 heterocycles. The summed E-state index contributed by atoms with van der Waals surface area (Å²) in [4.78, 5) is 0. The first kappa shape index (κ1) is 26.0. The Hall–Kier alpha value is -6.10. The number of hydrogen-bond donors (Lipinski definition) is 0. The molecule has 0 unspecified atom stereocenters. The maximum absolute atomic E-state index is 6.62. The Morgan fingerprint density at radius 2 is 0.875 bits per heavy atom. The van der Waals surface area contributed by atoms with Crippen LogP contribution in [0.3, 0.4) is 0 Å². The van der Waals surface area contributed by atoms with Gasteiger partial charge >= 0.3 is 0 Å². The molecule has 224 valence electrons. The molecule has 0 saturated heterocycles. The Morgan fingerprint density at radius 1 is 0.396 bits per heavy atom. The summed E-state index contributed by atoms with van der Waals surface area (Å²) in [5, 5.41) is 7.42. The molecule has 0 spiro atoms. The lowest BCUT2D eigenvalue weighted by atomic mass is 10.0. The van der Waals surface area contributed by atoms with Crippen molar-refractivity contribution in [3.05, 3.63) is 158 Å². The Bertz CT molecular complexity index is 2950. The standard InChI is InChI=1S/C44H26N2OS/c1-5-13-37-31(9-1)32-10-2-6-14-38(32)45(37)29-20-17-27(18-21-29)28-19-23-35-41(25-28)47-43-36-24-22-30(26-42(36)48-44(35)43)46-39-15-7-3-11-33(39)34-12-4-8-16-40(34)46/h1-26H. The molecule has 0 bridgehead atoms. The molecule has 0 N–H and O–H groups in total. The summed E-state index contributed by atoms with van der Waals surface area (Å²) in [6, 6.07) is 56.9. The zero-order valence-corrected chi connectivity index (χ0v) is 26.5. The third kappa shape index (κ3) is 3.58. The van der Waals surface area contributed by atoms with Crippen molar-refractivity contribution in [3.63, 3.8) is 0 Å². The Kier molecular flexibility index (Phi) is 5.26. The van der Waals surface area contributed by atoms with Crippen molar-refractivity contribution in [2.45, 2.75) is 0 Å². The van der Waals surface area contributed by atoms with Crippen LogP contribution in [0.25, 0.3) is 97.5 Å². The van der Waals surface area contributed by atoms with Gasteiger partial charge in [0.15, 0.2) is 5.58 Å². The van der Waals surface area contributed by atoms with E-state index in [0.717, 1.165) is 33.2 Å². The number of hydrogen-bond acceptors (Lipinski definition) is 2. The molecule has 0 atom stereocenters. The van der Waals surface area contributed by atoms with Crippen LogP contribution in [0.5, 0.6) is 0 Å². The number of fused-ring (bicyclic) bond motifs is 11. The summed E-state index contributed by atoms with van der Waals surface area (Å²) in [5.74, 6) is 0. The van der Waals surface area contributed by atoms with Crippen molar-refractivity contribution in [2.24, 2.45) is 0 Å². The molecule has 11 aromatic rings. The van der Waals surface area contributed by atoms with Crippen molar-refractivity contribution >= 4 is 86.3 Å². The zero-order chi connectivity index (χ0) is 31.3. The van der Waals surface area contributed by atoms with Gasteiger partial charge in [0.25, 0.3) is 0 Å². The van der Waals surface area contributed by atoms with Crippen LogP contribution in [-0.4, -0.2) is 9.13 Å². The summed E-state index contributed by atoms with van der Waals surface area (Å²) >= 11 is 1.81. The van der Waals surface area contributed by atoms with Gasteiger partial charge in [0.1, 0.15) is 5.58 Å². The number of aromatic nitrogens is 2. The van der Waals surface area contributed by atoms with E-state index in [9.17, 15) is 0 Å². The largest absolute Gasteiger partial charge is 0.454 e. The lowest BCUT2D eigenvalue weighted by molar-refractivity contribution is 0.673. The van der Waals surface area contributed by atoms with Crippen LogP contribution in [0.4, 0.5) is 0 Å². The summed E-state index contributed by atoms with van der Waals surface area (Å²) < 4.78 is 13.8. The fourth-order valence-electron chi connectivity index (χ4n) is 7.77. The Labute approximate surface area is 279 Å². The van der Waals surface area contributed by atoms with Crippen molar-refractivity contribution in [1.82, 2.24) is 9.13 Å². The van der Waals surface area contributed by atoms with E-state index in [0.29, 0.717) is 0 Å². The quantitative estimate of drug-likeness (QED) is 0.190. The number of rotatable bonds is 3. The lowest BCUT2D eigenvalue weighted by Crippen LogP contribution is -1.93. The van der Waals surface area contributed by atoms with E-state index >= 15 is 0 Å². The molecule has 4 aromatic heterocycles. The average molecular weight is 631 g/mol. The third-order valence-corrected chi connectivity index (χ3v) is 11.1. The Balaban J connectivity index is 0.990. The molecule has 4 heteroatoms. The molecular formula is C44H26N2OS. The van der Waals surface area contributed by atoms with Crippen LogP contribution < -0.4 is 0 Å². The molecule has 48 heavy (non-hydrogen) atoms. The number of nitrogens with zero attached hydrogens (tertiary/aromatic N) is 2. The minimum absolute atomic E-state index is 0.925. The lowest BCUT2D eigenvalue weighted by Gasteiger charge is -2.09. The van der Waals surface area contributed by atoms with Gasteiger partial charge in [-0.15, -0.1) is 11.3 Å². The van der Waals surface area contributed by atoms with Crippen molar-refractivity contribution in [2.75, 3.05) is 0 Å². The van der Waals surface area contributed by atoms with Crippen LogP contribution in [0.15, 0.2) is 162 Å². The molecule has 0 aliphatic heterocycles. The summed E-state index contributed by atoms with van der Waals surface area (Å²) in [6.45, 7) is 0. The number of thiophene rings is 1. The SMILES string of the molecule is c1ccc2c(c1)c1ccccc1n2-c1ccc(-c2ccc3c(c2)oc2c4ccc(-n5c6ccccc6c6ccccc65)cc4sc32)cc1. The molecule has 0 fully saturated rings. The van der Waals surface area contributed by atoms with E-state index in [1.165, 1.54) is 64.3 Å². The molecule has 7 aromatic carbocycles. The third-order valence-electron chi connectivity index (χ3n) is 9.94. The van der Waals surface area contributed by atoms with Gasteiger partial charge in [-0.3, -0.25) is 0 Å². The average Bonchev–Trinajstić information content (AvgIpc) is 3.88. The molecule has 0 aliphatic rings. The van der Waals surface area contributed by atoms with Gasteiger partial charge in [-0.1, -0.05) is 91.0 Å². The minimum atomic E-state index is 0.925. The Morgan fingerprint density at radius 3 is 1.46 bits per heavy atom. The second-order valence-corrected chi connectivity index (χ2v) is 13.6. The van der Waals surface area contributed by atoms with Gasteiger partial charge in [-0.25, -0.2) is 0 Å². The number of benzene rings is 7. The minimum Gasteiger partial charge on any atom is -0.454 e. The first-order valence-electron chi connectivity index (χ1n) is 16.3. The maximum atomic E-state index is 6.62.